The third-order valence-electron chi connectivity index (χ3n) is 3.60. The average Bonchev–Trinajstić information content (AvgIpc) is 2.47. The van der Waals surface area contributed by atoms with Crippen molar-refractivity contribution in [3.05, 3.63) is 23.8 Å². The highest BCUT2D eigenvalue weighted by molar-refractivity contribution is 5.96. The number of methoxy groups -OCH3 is 1. The molecule has 0 aliphatic heterocycles. The van der Waals surface area contributed by atoms with Gasteiger partial charge in [-0.15, -0.1) is 0 Å². The Kier molecular flexibility index (Phi) is 6.31. The molecule has 0 saturated heterocycles. The number of hydrogen-bond donors (Lipinski definition) is 2. The lowest BCUT2D eigenvalue weighted by atomic mass is 10.1. The van der Waals surface area contributed by atoms with Crippen molar-refractivity contribution < 1.29 is 9.53 Å². The number of ether oxygens (including phenoxy) is 1. The van der Waals surface area contributed by atoms with Crippen LogP contribution in [-0.4, -0.2) is 44.2 Å². The smallest absolute Gasteiger partial charge is 0.340 e. The molecule has 0 saturated carbocycles. The zero-order valence-corrected chi connectivity index (χ0v) is 12.8. The molecule has 0 bridgehead atoms. The molecule has 1 aromatic carbocycles. The third-order valence-corrected chi connectivity index (χ3v) is 3.60. The molecule has 5 heteroatoms. The van der Waals surface area contributed by atoms with Crippen molar-refractivity contribution in [2.45, 2.75) is 26.3 Å². The quantitative estimate of drug-likeness (QED) is 0.591. The molecule has 1 rings (SSSR count). The molecule has 3 N–H and O–H groups in total. The summed E-state index contributed by atoms with van der Waals surface area (Å²) in [6.07, 6.45) is 1.13. The highest BCUT2D eigenvalue weighted by atomic mass is 16.5. The zero-order chi connectivity index (χ0) is 15.1. The Labute approximate surface area is 121 Å². The molecule has 5 nitrogen and oxygen atoms in total. The second-order valence-corrected chi connectivity index (χ2v) is 4.96. The highest BCUT2D eigenvalue weighted by Gasteiger charge is 2.11. The summed E-state index contributed by atoms with van der Waals surface area (Å²) in [5.41, 5.74) is 7.46. The molecular weight excluding hydrogens is 254 g/mol. The Morgan fingerprint density at radius 3 is 2.80 bits per heavy atom. The number of likely N-dealkylation sites (N-methyl/N-ethyl adjacent to an activating group) is 1. The zero-order valence-electron chi connectivity index (χ0n) is 12.8. The fourth-order valence-corrected chi connectivity index (χ4v) is 1.86. The van der Waals surface area contributed by atoms with E-state index in [0.29, 0.717) is 17.3 Å². The third kappa shape index (κ3) is 4.42. The second-order valence-electron chi connectivity index (χ2n) is 4.96. The lowest BCUT2D eigenvalue weighted by Gasteiger charge is -2.23. The molecule has 0 spiro atoms. The largest absolute Gasteiger partial charge is 0.465 e. The second kappa shape index (κ2) is 7.75. The van der Waals surface area contributed by atoms with Gasteiger partial charge in [0, 0.05) is 30.5 Å². The van der Waals surface area contributed by atoms with E-state index in [9.17, 15) is 4.79 Å². The number of carbonyl (C=O) groups excluding carboxylic acids is 1. The van der Waals surface area contributed by atoms with E-state index >= 15 is 0 Å². The maximum Gasteiger partial charge on any atom is 0.340 e. The molecule has 0 fully saturated rings. The van der Waals surface area contributed by atoms with E-state index in [0.717, 1.165) is 25.2 Å². The average molecular weight is 279 g/mol. The normalized spacial score (nSPS) is 12.2. The number of benzene rings is 1. The molecule has 0 heterocycles. The van der Waals surface area contributed by atoms with Crippen LogP contribution < -0.4 is 11.1 Å². The van der Waals surface area contributed by atoms with Crippen LogP contribution in [0.4, 0.5) is 11.4 Å². The predicted octanol–water partition coefficient (Wildman–Crippen LogP) is 2.20. The number of nitrogens with zero attached hydrogens (tertiary/aromatic N) is 1. The van der Waals surface area contributed by atoms with Gasteiger partial charge in [0.2, 0.25) is 0 Å². The predicted molar refractivity (Wildman–Crippen MR) is 83.1 cm³/mol. The van der Waals surface area contributed by atoms with Gasteiger partial charge in [-0.2, -0.15) is 0 Å². The number of rotatable bonds is 7. The van der Waals surface area contributed by atoms with Crippen molar-refractivity contribution in [2.24, 2.45) is 0 Å². The topological polar surface area (TPSA) is 67.6 Å². The van der Waals surface area contributed by atoms with Gasteiger partial charge in [-0.1, -0.05) is 6.92 Å². The number of hydrogen-bond acceptors (Lipinski definition) is 5. The number of nitrogen functional groups attached to an aromatic ring is 1. The van der Waals surface area contributed by atoms with Crippen LogP contribution in [0, 0.1) is 0 Å². The standard InChI is InChI=1S/C15H25N3O2/c1-5-11(2)18(3)9-8-17-12-6-7-14(16)13(10-12)15(19)20-4/h6-7,10-11,17H,5,8-9,16H2,1-4H3. The Hall–Kier alpha value is -1.75. The summed E-state index contributed by atoms with van der Waals surface area (Å²) < 4.78 is 4.71. The fraction of sp³-hybridized carbons (Fsp3) is 0.533. The van der Waals surface area contributed by atoms with Crippen molar-refractivity contribution >= 4 is 17.3 Å². The van der Waals surface area contributed by atoms with Crippen molar-refractivity contribution in [2.75, 3.05) is 38.3 Å². The van der Waals surface area contributed by atoms with Crippen LogP contribution in [0.25, 0.3) is 0 Å². The van der Waals surface area contributed by atoms with E-state index in [1.165, 1.54) is 7.11 Å². The molecule has 1 atom stereocenters. The summed E-state index contributed by atoms with van der Waals surface area (Å²) in [6.45, 7) is 6.13. The van der Waals surface area contributed by atoms with Crippen LogP contribution in [-0.2, 0) is 4.74 Å². The van der Waals surface area contributed by atoms with Crippen molar-refractivity contribution in [1.29, 1.82) is 0 Å². The lowest BCUT2D eigenvalue weighted by Crippen LogP contribution is -2.32. The Balaban J connectivity index is 2.59. The number of anilines is 2. The van der Waals surface area contributed by atoms with Crippen LogP contribution in [0.3, 0.4) is 0 Å². The number of nitrogens with two attached hydrogens (primary N) is 1. The Morgan fingerprint density at radius 2 is 2.20 bits per heavy atom. The van der Waals surface area contributed by atoms with E-state index in [-0.39, 0.29) is 0 Å². The molecule has 112 valence electrons. The number of esters is 1. The van der Waals surface area contributed by atoms with Gasteiger partial charge < -0.3 is 20.7 Å². The summed E-state index contributed by atoms with van der Waals surface area (Å²) in [5.74, 6) is -0.414. The minimum Gasteiger partial charge on any atom is -0.465 e. The first-order chi connectivity index (χ1) is 9.49. The summed E-state index contributed by atoms with van der Waals surface area (Å²) in [4.78, 5) is 13.9. The molecular formula is C15H25N3O2. The molecule has 0 amide bonds. The summed E-state index contributed by atoms with van der Waals surface area (Å²) in [6, 6.07) is 5.87. The first-order valence-corrected chi connectivity index (χ1v) is 6.91. The fourth-order valence-electron chi connectivity index (χ4n) is 1.86. The van der Waals surface area contributed by atoms with Gasteiger partial charge in [0.05, 0.1) is 12.7 Å². The molecule has 1 aromatic rings. The molecule has 0 aliphatic rings. The summed E-state index contributed by atoms with van der Waals surface area (Å²) in [5, 5.41) is 3.30. The van der Waals surface area contributed by atoms with Gasteiger partial charge in [-0.25, -0.2) is 4.79 Å². The monoisotopic (exact) mass is 279 g/mol. The van der Waals surface area contributed by atoms with E-state index in [1.54, 1.807) is 12.1 Å². The maximum atomic E-state index is 11.6. The lowest BCUT2D eigenvalue weighted by molar-refractivity contribution is 0.0602. The van der Waals surface area contributed by atoms with Crippen LogP contribution in [0.2, 0.25) is 0 Å². The summed E-state index contributed by atoms with van der Waals surface area (Å²) in [7, 11) is 3.46. The first kappa shape index (κ1) is 16.3. The van der Waals surface area contributed by atoms with Crippen LogP contribution in [0.5, 0.6) is 0 Å². The molecule has 0 aromatic heterocycles. The molecule has 1 unspecified atom stereocenters. The van der Waals surface area contributed by atoms with Gasteiger partial charge >= 0.3 is 5.97 Å². The first-order valence-electron chi connectivity index (χ1n) is 6.91. The number of carbonyl (C=O) groups is 1. The minimum absolute atomic E-state index is 0.396. The molecule has 0 aliphatic carbocycles. The van der Waals surface area contributed by atoms with E-state index in [1.807, 2.05) is 6.07 Å². The van der Waals surface area contributed by atoms with Crippen LogP contribution in [0.15, 0.2) is 18.2 Å². The highest BCUT2D eigenvalue weighted by Crippen LogP contribution is 2.18. The van der Waals surface area contributed by atoms with Crippen molar-refractivity contribution in [3.8, 4) is 0 Å². The van der Waals surface area contributed by atoms with Crippen molar-refractivity contribution in [1.82, 2.24) is 4.90 Å². The van der Waals surface area contributed by atoms with E-state index in [4.69, 9.17) is 10.5 Å². The van der Waals surface area contributed by atoms with Gasteiger partial charge in [0.15, 0.2) is 0 Å². The van der Waals surface area contributed by atoms with Crippen LogP contribution >= 0.6 is 0 Å². The van der Waals surface area contributed by atoms with Gasteiger partial charge in [0.25, 0.3) is 0 Å². The van der Waals surface area contributed by atoms with Gasteiger partial charge in [0.1, 0.15) is 0 Å². The van der Waals surface area contributed by atoms with Crippen LogP contribution in [0.1, 0.15) is 30.6 Å². The Morgan fingerprint density at radius 1 is 1.50 bits per heavy atom. The Bertz CT molecular complexity index is 449. The molecule has 20 heavy (non-hydrogen) atoms. The van der Waals surface area contributed by atoms with E-state index in [2.05, 4.69) is 31.1 Å². The molecule has 0 radical (unpaired) electrons. The van der Waals surface area contributed by atoms with Gasteiger partial charge in [-0.3, -0.25) is 0 Å². The van der Waals surface area contributed by atoms with E-state index < -0.39 is 5.97 Å². The SMILES string of the molecule is CCC(C)N(C)CCNc1ccc(N)c(C(=O)OC)c1. The minimum atomic E-state index is -0.414. The van der Waals surface area contributed by atoms with Crippen molar-refractivity contribution in [3.63, 3.8) is 0 Å². The maximum absolute atomic E-state index is 11.6. The van der Waals surface area contributed by atoms with Gasteiger partial charge in [-0.05, 0) is 38.6 Å². The summed E-state index contributed by atoms with van der Waals surface area (Å²) >= 11 is 0. The number of nitrogens with one attached hydrogen (secondary N) is 1.